The van der Waals surface area contributed by atoms with Crippen LogP contribution < -0.4 is 15.5 Å². The van der Waals surface area contributed by atoms with Crippen LogP contribution in [0.15, 0.2) is 30.5 Å². The molecule has 1 unspecified atom stereocenters. The SMILES string of the molecule is C[NH2+]Cc1cn(C[C@H]2C[C@H]3CC[NH+]2C[C@@H]3C(=O)Nc2cccc(O)c2)nn1. The van der Waals surface area contributed by atoms with Gasteiger partial charge in [0.25, 0.3) is 0 Å². The number of piperidine rings is 3. The van der Waals surface area contributed by atoms with E-state index in [0.29, 0.717) is 17.6 Å². The van der Waals surface area contributed by atoms with Crippen LogP contribution in [0, 0.1) is 11.8 Å². The molecule has 8 nitrogen and oxygen atoms in total. The van der Waals surface area contributed by atoms with Crippen molar-refractivity contribution in [1.82, 2.24) is 15.0 Å². The largest absolute Gasteiger partial charge is 0.508 e. The number of carbonyl (C=O) groups is 1. The zero-order valence-electron chi connectivity index (χ0n) is 15.6. The van der Waals surface area contributed by atoms with Crippen LogP contribution in [0.25, 0.3) is 0 Å². The number of benzene rings is 1. The summed E-state index contributed by atoms with van der Waals surface area (Å²) in [5.74, 6) is 0.688. The summed E-state index contributed by atoms with van der Waals surface area (Å²) >= 11 is 0. The van der Waals surface area contributed by atoms with E-state index in [1.807, 2.05) is 24.0 Å². The highest BCUT2D eigenvalue weighted by atomic mass is 16.3. The third kappa shape index (κ3) is 3.96. The first kappa shape index (κ1) is 17.9. The Kier molecular flexibility index (Phi) is 5.09. The smallest absolute Gasteiger partial charge is 0.233 e. The van der Waals surface area contributed by atoms with Crippen molar-refractivity contribution in [2.24, 2.45) is 11.8 Å². The fourth-order valence-corrected chi connectivity index (χ4v) is 4.59. The van der Waals surface area contributed by atoms with Crippen molar-refractivity contribution in [3.8, 4) is 5.75 Å². The van der Waals surface area contributed by atoms with Gasteiger partial charge in [0.1, 0.15) is 24.0 Å². The second-order valence-electron chi connectivity index (χ2n) is 7.78. The number of amides is 1. The zero-order chi connectivity index (χ0) is 18.8. The van der Waals surface area contributed by atoms with Crippen molar-refractivity contribution < 1.29 is 20.1 Å². The Bertz CT molecular complexity index is 807. The second kappa shape index (κ2) is 7.66. The molecule has 3 aliphatic rings. The highest BCUT2D eigenvalue weighted by Crippen LogP contribution is 2.29. The fraction of sp³-hybridized carbons (Fsp3) is 0.526. The van der Waals surface area contributed by atoms with Gasteiger partial charge in [-0.15, -0.1) is 5.10 Å². The summed E-state index contributed by atoms with van der Waals surface area (Å²) < 4.78 is 1.96. The molecule has 0 radical (unpaired) electrons. The molecule has 0 spiro atoms. The number of nitrogens with zero attached hydrogens (tertiary/aromatic N) is 3. The van der Waals surface area contributed by atoms with Gasteiger partial charge in [-0.25, -0.2) is 4.68 Å². The molecule has 27 heavy (non-hydrogen) atoms. The van der Waals surface area contributed by atoms with Gasteiger partial charge in [-0.2, -0.15) is 0 Å². The summed E-state index contributed by atoms with van der Waals surface area (Å²) in [6, 6.07) is 7.24. The van der Waals surface area contributed by atoms with Crippen LogP contribution in [-0.4, -0.2) is 52.2 Å². The molecule has 5 N–H and O–H groups in total. The minimum Gasteiger partial charge on any atom is -0.508 e. The van der Waals surface area contributed by atoms with Crippen molar-refractivity contribution >= 4 is 11.6 Å². The summed E-state index contributed by atoms with van der Waals surface area (Å²) in [6.45, 7) is 3.70. The molecule has 5 rings (SSSR count). The van der Waals surface area contributed by atoms with Crippen molar-refractivity contribution in [2.45, 2.75) is 32.0 Å². The van der Waals surface area contributed by atoms with Crippen LogP contribution in [-0.2, 0) is 17.9 Å². The lowest BCUT2D eigenvalue weighted by molar-refractivity contribution is -0.945. The van der Waals surface area contributed by atoms with Crippen LogP contribution in [0.5, 0.6) is 5.75 Å². The van der Waals surface area contributed by atoms with E-state index in [9.17, 15) is 9.90 Å². The van der Waals surface area contributed by atoms with Gasteiger partial charge in [-0.3, -0.25) is 4.79 Å². The van der Waals surface area contributed by atoms with E-state index in [0.717, 1.165) is 44.7 Å². The molecule has 1 aromatic carbocycles. The van der Waals surface area contributed by atoms with Crippen molar-refractivity contribution in [3.05, 3.63) is 36.2 Å². The summed E-state index contributed by atoms with van der Waals surface area (Å²) in [5, 5.41) is 23.1. The maximum atomic E-state index is 12.8. The summed E-state index contributed by atoms with van der Waals surface area (Å²) in [4.78, 5) is 14.3. The number of hydrogen-bond acceptors (Lipinski definition) is 4. The van der Waals surface area contributed by atoms with Crippen LogP contribution in [0.1, 0.15) is 18.5 Å². The molecular weight excluding hydrogens is 344 g/mol. The van der Waals surface area contributed by atoms with Gasteiger partial charge in [0, 0.05) is 24.6 Å². The molecule has 1 amide bonds. The number of phenolic OH excluding ortho intramolecular Hbond substituents is 1. The summed E-state index contributed by atoms with van der Waals surface area (Å²) in [7, 11) is 2.02. The molecule has 0 saturated carbocycles. The first-order chi connectivity index (χ1) is 13.1. The van der Waals surface area contributed by atoms with Crippen molar-refractivity contribution in [1.29, 1.82) is 0 Å². The van der Waals surface area contributed by atoms with Crippen molar-refractivity contribution in [2.75, 3.05) is 25.5 Å². The highest BCUT2D eigenvalue weighted by molar-refractivity contribution is 5.93. The summed E-state index contributed by atoms with van der Waals surface area (Å²) in [5.41, 5.74) is 1.66. The average molecular weight is 372 g/mol. The van der Waals surface area contributed by atoms with E-state index < -0.39 is 0 Å². The molecule has 4 heterocycles. The minimum absolute atomic E-state index is 0.0355. The summed E-state index contributed by atoms with van der Waals surface area (Å²) in [6.07, 6.45) is 4.18. The number of anilines is 1. The Morgan fingerprint density at radius 1 is 1.48 bits per heavy atom. The van der Waals surface area contributed by atoms with Gasteiger partial charge in [0.15, 0.2) is 0 Å². The standard InChI is InChI=1S/C19H26N6O2/c1-20-9-15-10-25(23-22-15)11-16-7-13-5-6-24(16)12-18(13)19(27)21-14-3-2-4-17(26)8-14/h2-4,8,10,13,16,18,20,26H,5-7,9,11-12H2,1H3,(H,21,27)/p+2/t13-,16-,18+/m1/s1. The molecule has 8 heteroatoms. The Morgan fingerprint density at radius 2 is 2.37 bits per heavy atom. The predicted octanol–water partition coefficient (Wildman–Crippen LogP) is -1.39. The van der Waals surface area contributed by atoms with Crippen LogP contribution in [0.4, 0.5) is 5.69 Å². The van der Waals surface area contributed by atoms with Gasteiger partial charge < -0.3 is 20.6 Å². The lowest BCUT2D eigenvalue weighted by atomic mass is 9.75. The number of aromatic hydroxyl groups is 1. The number of fused-ring (bicyclic) bond motifs is 3. The number of nitrogens with two attached hydrogens (primary N) is 1. The molecule has 3 aliphatic heterocycles. The van der Waals surface area contributed by atoms with Gasteiger partial charge >= 0.3 is 0 Å². The second-order valence-corrected chi connectivity index (χ2v) is 7.78. The molecule has 144 valence electrons. The Hall–Kier alpha value is -2.45. The van der Waals surface area contributed by atoms with Gasteiger partial charge in [-0.05, 0) is 18.1 Å². The van der Waals surface area contributed by atoms with E-state index in [2.05, 4.69) is 20.9 Å². The monoisotopic (exact) mass is 372 g/mol. The van der Waals surface area contributed by atoms with Gasteiger partial charge in [0.2, 0.25) is 5.91 Å². The lowest BCUT2D eigenvalue weighted by Crippen LogP contribution is -3.20. The normalized spacial score (nSPS) is 26.9. The number of carbonyl (C=O) groups excluding carboxylic acids is 1. The maximum Gasteiger partial charge on any atom is 0.233 e. The first-order valence-corrected chi connectivity index (χ1v) is 9.73. The fourth-order valence-electron chi connectivity index (χ4n) is 4.59. The van der Waals surface area contributed by atoms with Gasteiger partial charge in [0.05, 0.1) is 38.8 Å². The minimum atomic E-state index is 0.0355. The molecule has 1 aromatic heterocycles. The maximum absolute atomic E-state index is 12.8. The molecule has 4 atom stereocenters. The first-order valence-electron chi connectivity index (χ1n) is 9.73. The average Bonchev–Trinajstić information content (AvgIpc) is 3.09. The predicted molar refractivity (Wildman–Crippen MR) is 99.0 cm³/mol. The van der Waals surface area contributed by atoms with Crippen LogP contribution >= 0.6 is 0 Å². The zero-order valence-corrected chi connectivity index (χ0v) is 15.6. The van der Waals surface area contributed by atoms with Crippen LogP contribution in [0.2, 0.25) is 0 Å². The molecule has 2 aromatic rings. The topological polar surface area (TPSA) is 101 Å². The molecule has 2 bridgehead atoms. The number of hydrogen-bond donors (Lipinski definition) is 4. The Morgan fingerprint density at radius 3 is 3.11 bits per heavy atom. The van der Waals surface area contributed by atoms with Crippen molar-refractivity contribution in [3.63, 3.8) is 0 Å². The number of phenols is 1. The number of aromatic nitrogens is 3. The number of nitrogens with one attached hydrogen (secondary N) is 2. The van der Waals surface area contributed by atoms with E-state index in [1.54, 1.807) is 18.2 Å². The van der Waals surface area contributed by atoms with E-state index in [4.69, 9.17) is 0 Å². The molecule has 3 fully saturated rings. The number of quaternary nitrogens is 2. The third-order valence-corrected chi connectivity index (χ3v) is 5.91. The number of rotatable bonds is 6. The third-order valence-electron chi connectivity index (χ3n) is 5.91. The molecule has 0 aliphatic carbocycles. The Labute approximate surface area is 158 Å². The van der Waals surface area contributed by atoms with E-state index in [-0.39, 0.29) is 17.6 Å². The van der Waals surface area contributed by atoms with Gasteiger partial charge in [-0.1, -0.05) is 11.3 Å². The van der Waals surface area contributed by atoms with Crippen LogP contribution in [0.3, 0.4) is 0 Å². The Balaban J connectivity index is 1.37. The molecular formula is C19H28N6O2+2. The lowest BCUT2D eigenvalue weighted by Gasteiger charge is -2.46. The van der Waals surface area contributed by atoms with E-state index in [1.165, 1.54) is 4.90 Å². The molecule has 3 saturated heterocycles. The quantitative estimate of drug-likeness (QED) is 0.501. The highest BCUT2D eigenvalue weighted by Gasteiger charge is 2.46. The van der Waals surface area contributed by atoms with E-state index >= 15 is 0 Å².